The van der Waals surface area contributed by atoms with Crippen LogP contribution >= 0.6 is 11.6 Å². The Hall–Kier alpha value is -2.64. The number of ether oxygens (including phenoxy) is 1. The summed E-state index contributed by atoms with van der Waals surface area (Å²) >= 11 is 6.20. The molecule has 1 aliphatic heterocycles. The van der Waals surface area contributed by atoms with Crippen LogP contribution in [0.5, 0.6) is 0 Å². The van der Waals surface area contributed by atoms with E-state index in [-0.39, 0.29) is 11.9 Å². The maximum atomic E-state index is 13.0. The number of rotatable bonds is 5. The topological polar surface area (TPSA) is 81.1 Å². The SMILES string of the molecule is CCn1ncc2c(NC3CCOCC3)c(C(=O)Nc3ccccc3Cl)cnc21. The zero-order chi connectivity index (χ0) is 19.5. The van der Waals surface area contributed by atoms with Crippen molar-refractivity contribution in [3.63, 3.8) is 0 Å². The summed E-state index contributed by atoms with van der Waals surface area (Å²) in [7, 11) is 0. The van der Waals surface area contributed by atoms with E-state index < -0.39 is 0 Å². The predicted octanol–water partition coefficient (Wildman–Crippen LogP) is 3.95. The molecule has 0 spiro atoms. The minimum absolute atomic E-state index is 0.233. The highest BCUT2D eigenvalue weighted by Crippen LogP contribution is 2.30. The normalized spacial score (nSPS) is 14.9. The van der Waals surface area contributed by atoms with E-state index in [1.54, 1.807) is 24.5 Å². The molecule has 1 saturated heterocycles. The first-order chi connectivity index (χ1) is 13.7. The van der Waals surface area contributed by atoms with Crippen molar-refractivity contribution in [2.45, 2.75) is 32.4 Å². The van der Waals surface area contributed by atoms with Gasteiger partial charge < -0.3 is 15.4 Å². The Kier molecular flexibility index (Phi) is 5.45. The predicted molar refractivity (Wildman–Crippen MR) is 110 cm³/mol. The Morgan fingerprint density at radius 1 is 1.29 bits per heavy atom. The smallest absolute Gasteiger partial charge is 0.259 e. The van der Waals surface area contributed by atoms with Crippen molar-refractivity contribution in [2.75, 3.05) is 23.8 Å². The molecule has 0 unspecified atom stereocenters. The number of amides is 1. The molecule has 4 rings (SSSR count). The largest absolute Gasteiger partial charge is 0.381 e. The van der Waals surface area contributed by atoms with E-state index in [2.05, 4.69) is 20.7 Å². The van der Waals surface area contributed by atoms with Crippen molar-refractivity contribution in [3.8, 4) is 0 Å². The standard InChI is InChI=1S/C20H22ClN5O2/c1-2-26-19-14(12-23-26)18(24-13-7-9-28-10-8-13)15(11-22-19)20(27)25-17-6-4-3-5-16(17)21/h3-6,11-13H,2,7-10H2,1H3,(H,22,24)(H,25,27). The second-order valence-corrected chi connectivity index (χ2v) is 7.12. The number of aryl methyl sites for hydroxylation is 1. The number of benzene rings is 1. The van der Waals surface area contributed by atoms with Crippen molar-refractivity contribution in [3.05, 3.63) is 47.2 Å². The van der Waals surface area contributed by atoms with E-state index >= 15 is 0 Å². The molecule has 2 N–H and O–H groups in total. The fourth-order valence-electron chi connectivity index (χ4n) is 3.38. The molecule has 8 heteroatoms. The van der Waals surface area contributed by atoms with Crippen LogP contribution in [0.2, 0.25) is 5.02 Å². The lowest BCUT2D eigenvalue weighted by Gasteiger charge is -2.25. The third-order valence-electron chi connectivity index (χ3n) is 4.90. The summed E-state index contributed by atoms with van der Waals surface area (Å²) in [6.45, 7) is 4.14. The third kappa shape index (κ3) is 3.68. The number of fused-ring (bicyclic) bond motifs is 1. The molecule has 1 amide bonds. The molecule has 0 aliphatic carbocycles. The number of hydrogen-bond donors (Lipinski definition) is 2. The number of nitrogens with zero attached hydrogens (tertiary/aromatic N) is 3. The second kappa shape index (κ2) is 8.16. The lowest BCUT2D eigenvalue weighted by molar-refractivity contribution is 0.0904. The molecule has 3 aromatic rings. The van der Waals surface area contributed by atoms with Crippen LogP contribution in [-0.2, 0) is 11.3 Å². The zero-order valence-corrected chi connectivity index (χ0v) is 16.4. The fourth-order valence-corrected chi connectivity index (χ4v) is 3.57. The zero-order valence-electron chi connectivity index (χ0n) is 15.6. The van der Waals surface area contributed by atoms with Gasteiger partial charge in [0.1, 0.15) is 0 Å². The monoisotopic (exact) mass is 399 g/mol. The van der Waals surface area contributed by atoms with E-state index in [4.69, 9.17) is 16.3 Å². The average Bonchev–Trinajstić information content (AvgIpc) is 3.14. The Labute approximate surface area is 168 Å². The molecular weight excluding hydrogens is 378 g/mol. The number of halogens is 1. The number of carbonyl (C=O) groups excluding carboxylic acids is 1. The summed E-state index contributed by atoms with van der Waals surface area (Å²) in [5.74, 6) is -0.263. The van der Waals surface area contributed by atoms with Crippen LogP contribution in [0.1, 0.15) is 30.1 Å². The minimum Gasteiger partial charge on any atom is -0.381 e. The van der Waals surface area contributed by atoms with Gasteiger partial charge in [-0.2, -0.15) is 5.10 Å². The molecule has 7 nitrogen and oxygen atoms in total. The Morgan fingerprint density at radius 2 is 2.07 bits per heavy atom. The Bertz CT molecular complexity index is 997. The van der Waals surface area contributed by atoms with Gasteiger partial charge in [-0.05, 0) is 31.9 Å². The number of pyridine rings is 1. The maximum Gasteiger partial charge on any atom is 0.259 e. The molecule has 0 saturated carbocycles. The highest BCUT2D eigenvalue weighted by atomic mass is 35.5. The van der Waals surface area contributed by atoms with Crippen LogP contribution in [0.15, 0.2) is 36.7 Å². The van der Waals surface area contributed by atoms with Crippen LogP contribution in [-0.4, -0.2) is 39.9 Å². The van der Waals surface area contributed by atoms with Crippen LogP contribution in [0.4, 0.5) is 11.4 Å². The fraction of sp³-hybridized carbons (Fsp3) is 0.350. The number of nitrogens with one attached hydrogen (secondary N) is 2. The molecule has 0 atom stereocenters. The van der Waals surface area contributed by atoms with Gasteiger partial charge in [0.05, 0.1) is 33.5 Å². The molecule has 0 radical (unpaired) electrons. The second-order valence-electron chi connectivity index (χ2n) is 6.71. The van der Waals surface area contributed by atoms with Gasteiger partial charge in [0.2, 0.25) is 0 Å². The first-order valence-corrected chi connectivity index (χ1v) is 9.80. The number of carbonyl (C=O) groups is 1. The lowest BCUT2D eigenvalue weighted by atomic mass is 10.1. The molecule has 28 heavy (non-hydrogen) atoms. The van der Waals surface area contributed by atoms with Gasteiger partial charge in [-0.15, -0.1) is 0 Å². The van der Waals surface area contributed by atoms with E-state index in [1.165, 1.54) is 0 Å². The molecule has 2 aromatic heterocycles. The first kappa shape index (κ1) is 18.7. The summed E-state index contributed by atoms with van der Waals surface area (Å²) in [6.07, 6.45) is 5.14. The maximum absolute atomic E-state index is 13.0. The van der Waals surface area contributed by atoms with Gasteiger partial charge >= 0.3 is 0 Å². The van der Waals surface area contributed by atoms with Crippen molar-refractivity contribution in [2.24, 2.45) is 0 Å². The van der Waals surface area contributed by atoms with Gasteiger partial charge in [0, 0.05) is 32.0 Å². The highest BCUT2D eigenvalue weighted by molar-refractivity contribution is 6.34. The van der Waals surface area contributed by atoms with Crippen molar-refractivity contribution < 1.29 is 9.53 Å². The first-order valence-electron chi connectivity index (χ1n) is 9.42. The molecular formula is C20H22ClN5O2. The number of anilines is 2. The Balaban J connectivity index is 1.72. The van der Waals surface area contributed by atoms with Crippen molar-refractivity contribution >= 4 is 39.9 Å². The molecule has 0 bridgehead atoms. The minimum atomic E-state index is -0.263. The molecule has 1 aromatic carbocycles. The van der Waals surface area contributed by atoms with Crippen LogP contribution in [0.25, 0.3) is 11.0 Å². The number of hydrogen-bond acceptors (Lipinski definition) is 5. The number of para-hydroxylation sites is 1. The quantitative estimate of drug-likeness (QED) is 0.679. The van der Waals surface area contributed by atoms with Crippen LogP contribution < -0.4 is 10.6 Å². The van der Waals surface area contributed by atoms with E-state index in [0.717, 1.165) is 29.6 Å². The van der Waals surface area contributed by atoms with Gasteiger partial charge in [-0.25, -0.2) is 9.67 Å². The lowest BCUT2D eigenvalue weighted by Crippen LogP contribution is -2.29. The molecule has 146 valence electrons. The summed E-state index contributed by atoms with van der Waals surface area (Å²) in [5, 5.41) is 12.2. The van der Waals surface area contributed by atoms with Gasteiger partial charge in [-0.3, -0.25) is 4.79 Å². The van der Waals surface area contributed by atoms with Crippen LogP contribution in [0.3, 0.4) is 0 Å². The molecule has 3 heterocycles. The highest BCUT2D eigenvalue weighted by Gasteiger charge is 2.22. The van der Waals surface area contributed by atoms with Crippen molar-refractivity contribution in [1.29, 1.82) is 0 Å². The van der Waals surface area contributed by atoms with E-state index in [0.29, 0.717) is 36.0 Å². The van der Waals surface area contributed by atoms with Gasteiger partial charge in [0.25, 0.3) is 5.91 Å². The van der Waals surface area contributed by atoms with Gasteiger partial charge in [-0.1, -0.05) is 23.7 Å². The molecule has 1 aliphatic rings. The summed E-state index contributed by atoms with van der Waals surface area (Å²) in [6, 6.07) is 7.40. The summed E-state index contributed by atoms with van der Waals surface area (Å²) in [5.41, 5.74) is 2.54. The third-order valence-corrected chi connectivity index (χ3v) is 5.23. The van der Waals surface area contributed by atoms with E-state index in [9.17, 15) is 4.79 Å². The Morgan fingerprint density at radius 3 is 2.82 bits per heavy atom. The van der Waals surface area contributed by atoms with Crippen molar-refractivity contribution in [1.82, 2.24) is 14.8 Å². The van der Waals surface area contributed by atoms with E-state index in [1.807, 2.05) is 23.7 Å². The van der Waals surface area contributed by atoms with Crippen LogP contribution in [0, 0.1) is 0 Å². The summed E-state index contributed by atoms with van der Waals surface area (Å²) in [4.78, 5) is 17.5. The number of aromatic nitrogens is 3. The average molecular weight is 400 g/mol. The van der Waals surface area contributed by atoms with Gasteiger partial charge in [0.15, 0.2) is 5.65 Å². The molecule has 1 fully saturated rings. The summed E-state index contributed by atoms with van der Waals surface area (Å²) < 4.78 is 7.27.